The molecule has 0 bridgehead atoms. The fraction of sp³-hybridized carbons (Fsp3) is 0. The first kappa shape index (κ1) is 27.3. The van der Waals surface area contributed by atoms with Gasteiger partial charge in [-0.15, -0.1) is 0 Å². The van der Waals surface area contributed by atoms with Gasteiger partial charge in [0.25, 0.3) is 0 Å². The number of fused-ring (bicyclic) bond motifs is 11. The zero-order valence-electron chi connectivity index (χ0n) is 27.2. The van der Waals surface area contributed by atoms with E-state index in [0.29, 0.717) is 0 Å². The molecule has 0 aliphatic carbocycles. The third-order valence-electron chi connectivity index (χ3n) is 10.6. The van der Waals surface area contributed by atoms with E-state index >= 15 is 0 Å². The molecule has 0 amide bonds. The minimum atomic E-state index is 1.18. The van der Waals surface area contributed by atoms with Gasteiger partial charge in [0.2, 0.25) is 0 Å². The summed E-state index contributed by atoms with van der Waals surface area (Å²) >= 11 is 0. The highest BCUT2D eigenvalue weighted by Crippen LogP contribution is 2.48. The molecule has 8 aromatic carbocycles. The Hall–Kier alpha value is -6.64. The van der Waals surface area contributed by atoms with Gasteiger partial charge in [-0.2, -0.15) is 0 Å². The maximum absolute atomic E-state index is 2.48. The van der Waals surface area contributed by atoms with Crippen molar-refractivity contribution in [2.45, 2.75) is 0 Å². The highest BCUT2D eigenvalue weighted by atomic mass is 15.0. The Morgan fingerprint density at radius 2 is 0.840 bits per heavy atom. The molecule has 1 aliphatic heterocycles. The van der Waals surface area contributed by atoms with Gasteiger partial charge < -0.3 is 9.13 Å². The number of benzene rings is 8. The molecule has 50 heavy (non-hydrogen) atoms. The zero-order chi connectivity index (χ0) is 32.8. The molecular weight excluding hydrogens is 605 g/mol. The molecule has 232 valence electrons. The zero-order valence-corrected chi connectivity index (χ0v) is 27.2. The van der Waals surface area contributed by atoms with Crippen molar-refractivity contribution < 1.29 is 0 Å². The van der Waals surface area contributed by atoms with Gasteiger partial charge in [-0.05, 0) is 94.0 Å². The first-order chi connectivity index (χ1) is 24.8. The summed E-state index contributed by atoms with van der Waals surface area (Å²) in [5.74, 6) is 0. The van der Waals surface area contributed by atoms with Gasteiger partial charge in [-0.1, -0.05) is 121 Å². The fourth-order valence-corrected chi connectivity index (χ4v) is 8.45. The quantitative estimate of drug-likeness (QED) is 0.183. The average molecular weight is 635 g/mol. The summed E-state index contributed by atoms with van der Waals surface area (Å²) in [5, 5.41) is 5.08. The van der Waals surface area contributed by atoms with Crippen LogP contribution in [0.25, 0.3) is 99.5 Å². The van der Waals surface area contributed by atoms with E-state index < -0.39 is 0 Å². The topological polar surface area (TPSA) is 9.86 Å². The molecule has 1 aliphatic rings. The van der Waals surface area contributed by atoms with Gasteiger partial charge in [0.15, 0.2) is 0 Å². The van der Waals surface area contributed by atoms with Gasteiger partial charge in [0, 0.05) is 38.4 Å². The van der Waals surface area contributed by atoms with Gasteiger partial charge >= 0.3 is 0 Å². The van der Waals surface area contributed by atoms with Crippen molar-refractivity contribution in [3.8, 4) is 55.9 Å². The highest BCUT2D eigenvalue weighted by Gasteiger charge is 2.25. The Morgan fingerprint density at radius 3 is 1.64 bits per heavy atom. The van der Waals surface area contributed by atoms with Crippen molar-refractivity contribution in [3.05, 3.63) is 182 Å². The predicted octanol–water partition coefficient (Wildman–Crippen LogP) is 12.9. The van der Waals surface area contributed by atoms with Crippen LogP contribution in [0.2, 0.25) is 0 Å². The SMILES string of the molecule is c1ccc(-n2c3ccccc3c3cc(-c4cccc(-c5cc6c7c(c5)c5ccccc5n7-c5ccccc5-c5ccccc5-6)c4)ccc32)cc1. The third kappa shape index (κ3) is 3.85. The predicted molar refractivity (Wildman–Crippen MR) is 210 cm³/mol. The third-order valence-corrected chi connectivity index (χ3v) is 10.6. The van der Waals surface area contributed by atoms with Crippen molar-refractivity contribution in [2.24, 2.45) is 0 Å². The van der Waals surface area contributed by atoms with E-state index in [-0.39, 0.29) is 0 Å². The Morgan fingerprint density at radius 1 is 0.280 bits per heavy atom. The summed E-state index contributed by atoms with van der Waals surface area (Å²) in [5.41, 5.74) is 17.3. The lowest BCUT2D eigenvalue weighted by Gasteiger charge is -2.12. The van der Waals surface area contributed by atoms with E-state index in [1.165, 1.54) is 99.5 Å². The monoisotopic (exact) mass is 634 g/mol. The molecule has 0 saturated carbocycles. The summed E-state index contributed by atoms with van der Waals surface area (Å²) < 4.78 is 4.86. The second-order valence-corrected chi connectivity index (χ2v) is 13.3. The standard InChI is InChI=1S/C48H30N2/c1-2-15-35(16-3-1)49-44-22-9-7-20-39(44)41-28-33(25-26-47(41)49)31-13-12-14-32(27-31)34-29-42-37-18-5-4-17-36(37)38-19-6-10-23-45(38)50-46-24-11-8-21-40(46)43(30-34)48(42)50/h1-30H. The molecule has 0 radical (unpaired) electrons. The molecule has 0 spiro atoms. The lowest BCUT2D eigenvalue weighted by molar-refractivity contribution is 1.18. The van der Waals surface area contributed by atoms with Crippen LogP contribution in [0, 0.1) is 0 Å². The number of para-hydroxylation sites is 4. The number of aromatic nitrogens is 2. The van der Waals surface area contributed by atoms with Gasteiger partial charge in [-0.3, -0.25) is 0 Å². The molecule has 0 fully saturated rings. The number of hydrogen-bond acceptors (Lipinski definition) is 0. The molecule has 0 atom stereocenters. The molecule has 0 unspecified atom stereocenters. The summed E-state index contributed by atoms with van der Waals surface area (Å²) in [6.07, 6.45) is 0. The van der Waals surface area contributed by atoms with Gasteiger partial charge in [0.05, 0.1) is 27.8 Å². The van der Waals surface area contributed by atoms with Crippen molar-refractivity contribution in [3.63, 3.8) is 0 Å². The van der Waals surface area contributed by atoms with Crippen LogP contribution in [0.15, 0.2) is 182 Å². The van der Waals surface area contributed by atoms with Crippen LogP contribution in [0.5, 0.6) is 0 Å². The fourth-order valence-electron chi connectivity index (χ4n) is 8.45. The van der Waals surface area contributed by atoms with Crippen molar-refractivity contribution in [1.29, 1.82) is 0 Å². The lowest BCUT2D eigenvalue weighted by atomic mass is 9.90. The summed E-state index contributed by atoms with van der Waals surface area (Å²) in [4.78, 5) is 0. The lowest BCUT2D eigenvalue weighted by Crippen LogP contribution is -1.95. The maximum Gasteiger partial charge on any atom is 0.0620 e. The van der Waals surface area contributed by atoms with Gasteiger partial charge in [-0.25, -0.2) is 0 Å². The van der Waals surface area contributed by atoms with Crippen LogP contribution >= 0.6 is 0 Å². The number of hydrogen-bond donors (Lipinski definition) is 0. The van der Waals surface area contributed by atoms with Crippen molar-refractivity contribution in [2.75, 3.05) is 0 Å². The van der Waals surface area contributed by atoms with Crippen LogP contribution in [-0.2, 0) is 0 Å². The minimum Gasteiger partial charge on any atom is -0.309 e. The average Bonchev–Trinajstić information content (AvgIpc) is 3.66. The van der Waals surface area contributed by atoms with Crippen LogP contribution < -0.4 is 0 Å². The van der Waals surface area contributed by atoms with E-state index in [1.54, 1.807) is 0 Å². The first-order valence-electron chi connectivity index (χ1n) is 17.3. The summed E-state index contributed by atoms with van der Waals surface area (Å²) in [6, 6.07) is 66.8. The van der Waals surface area contributed by atoms with E-state index in [1.807, 2.05) is 0 Å². The minimum absolute atomic E-state index is 1.18. The Balaban J connectivity index is 1.13. The maximum atomic E-state index is 2.48. The summed E-state index contributed by atoms with van der Waals surface area (Å²) in [6.45, 7) is 0. The van der Waals surface area contributed by atoms with Crippen molar-refractivity contribution >= 4 is 43.6 Å². The molecule has 10 aromatic rings. The molecule has 2 aromatic heterocycles. The van der Waals surface area contributed by atoms with Crippen molar-refractivity contribution in [1.82, 2.24) is 9.13 Å². The molecule has 2 heteroatoms. The number of rotatable bonds is 3. The van der Waals surface area contributed by atoms with E-state index in [0.717, 1.165) is 0 Å². The number of nitrogens with zero attached hydrogens (tertiary/aromatic N) is 2. The van der Waals surface area contributed by atoms with E-state index in [2.05, 4.69) is 191 Å². The molecule has 0 N–H and O–H groups in total. The van der Waals surface area contributed by atoms with Crippen LogP contribution in [0.4, 0.5) is 0 Å². The first-order valence-corrected chi connectivity index (χ1v) is 17.3. The molecule has 11 rings (SSSR count). The smallest absolute Gasteiger partial charge is 0.0620 e. The molecule has 3 heterocycles. The van der Waals surface area contributed by atoms with Crippen LogP contribution in [-0.4, -0.2) is 9.13 Å². The molecule has 2 nitrogen and oxygen atoms in total. The summed E-state index contributed by atoms with van der Waals surface area (Å²) in [7, 11) is 0. The Labute approximate surface area is 289 Å². The van der Waals surface area contributed by atoms with E-state index in [4.69, 9.17) is 0 Å². The highest BCUT2D eigenvalue weighted by molar-refractivity contribution is 6.18. The van der Waals surface area contributed by atoms with Crippen LogP contribution in [0.1, 0.15) is 0 Å². The Bertz CT molecular complexity index is 2980. The normalized spacial score (nSPS) is 12.0. The Kier molecular flexibility index (Phi) is 5.70. The van der Waals surface area contributed by atoms with Gasteiger partial charge in [0.1, 0.15) is 0 Å². The molecular formula is C48H30N2. The second-order valence-electron chi connectivity index (χ2n) is 13.3. The largest absolute Gasteiger partial charge is 0.309 e. The second kappa shape index (κ2) is 10.4. The van der Waals surface area contributed by atoms with Crippen LogP contribution in [0.3, 0.4) is 0 Å². The van der Waals surface area contributed by atoms with E-state index in [9.17, 15) is 0 Å². The molecule has 0 saturated heterocycles.